The summed E-state index contributed by atoms with van der Waals surface area (Å²) in [6.07, 6.45) is 0.680. The third-order valence-corrected chi connectivity index (χ3v) is 3.99. The first-order valence-electron chi connectivity index (χ1n) is 7.69. The molecule has 1 atom stereocenters. The van der Waals surface area contributed by atoms with Gasteiger partial charge in [0.1, 0.15) is 12.4 Å². The molecule has 0 bridgehead atoms. The quantitative estimate of drug-likeness (QED) is 0.783. The van der Waals surface area contributed by atoms with Crippen LogP contribution in [0.1, 0.15) is 16.8 Å². The average Bonchev–Trinajstić information content (AvgIpc) is 2.55. The van der Waals surface area contributed by atoms with E-state index in [0.717, 1.165) is 6.54 Å². The first-order valence-corrected chi connectivity index (χ1v) is 7.69. The maximum absolute atomic E-state index is 12.6. The van der Waals surface area contributed by atoms with Crippen molar-refractivity contribution in [2.24, 2.45) is 5.73 Å². The Hall–Kier alpha value is -1.63. The number of rotatable bonds is 6. The fraction of sp³-hybridized carbons (Fsp3) is 0.562. The van der Waals surface area contributed by atoms with Gasteiger partial charge in [0.05, 0.1) is 0 Å². The Balaban J connectivity index is 2.04. The number of piperazine rings is 1. The highest BCUT2D eigenvalue weighted by molar-refractivity contribution is 5.94. The van der Waals surface area contributed by atoms with E-state index >= 15 is 0 Å². The van der Waals surface area contributed by atoms with E-state index in [0.29, 0.717) is 44.0 Å². The summed E-state index contributed by atoms with van der Waals surface area (Å²) < 4.78 is 5.47. The summed E-state index contributed by atoms with van der Waals surface area (Å²) in [5.41, 5.74) is 6.05. The Morgan fingerprint density at radius 1 is 1.45 bits per heavy atom. The van der Waals surface area contributed by atoms with Crippen LogP contribution in [-0.4, -0.2) is 73.3 Å². The third kappa shape index (κ3) is 4.19. The molecule has 1 aliphatic heterocycles. The Morgan fingerprint density at radius 3 is 3.00 bits per heavy atom. The highest BCUT2D eigenvalue weighted by Gasteiger charge is 2.27. The molecular weight excluding hydrogens is 282 g/mol. The van der Waals surface area contributed by atoms with Gasteiger partial charge < -0.3 is 20.5 Å². The van der Waals surface area contributed by atoms with Crippen LogP contribution in [0.15, 0.2) is 24.3 Å². The molecule has 1 aromatic carbocycles. The number of carbonyl (C=O) groups excluding carboxylic acids is 1. The van der Waals surface area contributed by atoms with Gasteiger partial charge in [0.25, 0.3) is 5.91 Å². The van der Waals surface area contributed by atoms with Crippen molar-refractivity contribution in [1.29, 1.82) is 0 Å². The zero-order chi connectivity index (χ0) is 15.9. The van der Waals surface area contributed by atoms with Crippen LogP contribution in [0.2, 0.25) is 0 Å². The predicted molar refractivity (Wildman–Crippen MR) is 85.0 cm³/mol. The topological polar surface area (TPSA) is 79.0 Å². The lowest BCUT2D eigenvalue weighted by atomic mass is 10.1. The van der Waals surface area contributed by atoms with Crippen LogP contribution < -0.4 is 10.5 Å². The number of aliphatic hydroxyl groups excluding tert-OH is 1. The van der Waals surface area contributed by atoms with E-state index in [9.17, 15) is 4.79 Å². The molecule has 1 aromatic rings. The van der Waals surface area contributed by atoms with Crippen LogP contribution in [0.4, 0.5) is 0 Å². The standard InChI is InChI=1S/C16H25N3O3/c1-18-7-8-19(12-14(18)5-9-20)16(21)13-3-2-4-15(11-13)22-10-6-17/h2-4,11,14,20H,5-10,12,17H2,1H3/t14-/m1/s1. The Labute approximate surface area is 131 Å². The van der Waals surface area contributed by atoms with Gasteiger partial charge in [0.15, 0.2) is 0 Å². The van der Waals surface area contributed by atoms with Crippen molar-refractivity contribution in [3.05, 3.63) is 29.8 Å². The molecule has 1 aliphatic rings. The van der Waals surface area contributed by atoms with E-state index in [1.165, 1.54) is 0 Å². The normalized spacial score (nSPS) is 19.2. The number of carbonyl (C=O) groups is 1. The molecular formula is C16H25N3O3. The highest BCUT2D eigenvalue weighted by atomic mass is 16.5. The van der Waals surface area contributed by atoms with Crippen LogP contribution in [0, 0.1) is 0 Å². The summed E-state index contributed by atoms with van der Waals surface area (Å²) in [6, 6.07) is 7.42. The van der Waals surface area contributed by atoms with Crippen molar-refractivity contribution in [1.82, 2.24) is 9.80 Å². The zero-order valence-corrected chi connectivity index (χ0v) is 13.1. The number of amides is 1. The summed E-state index contributed by atoms with van der Waals surface area (Å²) in [5, 5.41) is 9.14. The van der Waals surface area contributed by atoms with Gasteiger partial charge in [-0.25, -0.2) is 0 Å². The number of hydrogen-bond acceptors (Lipinski definition) is 5. The Bertz CT molecular complexity index is 495. The largest absolute Gasteiger partial charge is 0.492 e. The molecule has 0 aliphatic carbocycles. The Morgan fingerprint density at radius 2 is 2.27 bits per heavy atom. The molecule has 0 spiro atoms. The van der Waals surface area contributed by atoms with Gasteiger partial charge in [-0.15, -0.1) is 0 Å². The van der Waals surface area contributed by atoms with E-state index < -0.39 is 0 Å². The van der Waals surface area contributed by atoms with Gasteiger partial charge in [-0.3, -0.25) is 9.69 Å². The molecule has 0 saturated carbocycles. The molecule has 0 unspecified atom stereocenters. The second kappa shape index (κ2) is 8.12. The lowest BCUT2D eigenvalue weighted by Crippen LogP contribution is -2.53. The second-order valence-electron chi connectivity index (χ2n) is 5.56. The second-order valence-corrected chi connectivity index (χ2v) is 5.56. The van der Waals surface area contributed by atoms with Gasteiger partial charge in [-0.05, 0) is 31.7 Å². The van der Waals surface area contributed by atoms with Gasteiger partial charge in [0, 0.05) is 44.4 Å². The van der Waals surface area contributed by atoms with Crippen LogP contribution >= 0.6 is 0 Å². The highest BCUT2D eigenvalue weighted by Crippen LogP contribution is 2.18. The molecule has 6 nitrogen and oxygen atoms in total. The summed E-state index contributed by atoms with van der Waals surface area (Å²) >= 11 is 0. The van der Waals surface area contributed by atoms with E-state index in [1.54, 1.807) is 12.1 Å². The fourth-order valence-corrected chi connectivity index (χ4v) is 2.67. The molecule has 3 N–H and O–H groups in total. The SMILES string of the molecule is CN1CCN(C(=O)c2cccc(OCCN)c2)C[C@H]1CCO. The van der Waals surface area contributed by atoms with E-state index in [4.69, 9.17) is 15.6 Å². The van der Waals surface area contributed by atoms with Gasteiger partial charge in [-0.1, -0.05) is 6.07 Å². The lowest BCUT2D eigenvalue weighted by molar-refractivity contribution is 0.0500. The number of ether oxygens (including phenoxy) is 1. The molecule has 22 heavy (non-hydrogen) atoms. The van der Waals surface area contributed by atoms with Crippen molar-refractivity contribution in [3.63, 3.8) is 0 Å². The van der Waals surface area contributed by atoms with Crippen LogP contribution in [0.25, 0.3) is 0 Å². The summed E-state index contributed by atoms with van der Waals surface area (Å²) in [6.45, 7) is 3.18. The van der Waals surface area contributed by atoms with Crippen molar-refractivity contribution in [2.45, 2.75) is 12.5 Å². The number of benzene rings is 1. The summed E-state index contributed by atoms with van der Waals surface area (Å²) in [4.78, 5) is 16.7. The lowest BCUT2D eigenvalue weighted by Gasteiger charge is -2.39. The maximum atomic E-state index is 12.6. The van der Waals surface area contributed by atoms with Crippen LogP contribution in [0.5, 0.6) is 5.75 Å². The van der Waals surface area contributed by atoms with Gasteiger partial charge in [0.2, 0.25) is 0 Å². The van der Waals surface area contributed by atoms with Gasteiger partial charge >= 0.3 is 0 Å². The summed E-state index contributed by atoms with van der Waals surface area (Å²) in [7, 11) is 2.03. The van der Waals surface area contributed by atoms with Crippen molar-refractivity contribution in [2.75, 3.05) is 46.4 Å². The first kappa shape index (κ1) is 16.7. The number of likely N-dealkylation sites (N-methyl/N-ethyl adjacent to an activating group) is 1. The molecule has 1 saturated heterocycles. The van der Waals surface area contributed by atoms with Crippen LogP contribution in [0.3, 0.4) is 0 Å². The molecule has 1 amide bonds. The average molecular weight is 307 g/mol. The van der Waals surface area contributed by atoms with Gasteiger partial charge in [-0.2, -0.15) is 0 Å². The molecule has 2 rings (SSSR count). The van der Waals surface area contributed by atoms with E-state index in [1.807, 2.05) is 24.1 Å². The zero-order valence-electron chi connectivity index (χ0n) is 13.1. The molecule has 0 radical (unpaired) electrons. The third-order valence-electron chi connectivity index (χ3n) is 3.99. The van der Waals surface area contributed by atoms with Crippen molar-refractivity contribution in [3.8, 4) is 5.75 Å². The first-order chi connectivity index (χ1) is 10.7. The van der Waals surface area contributed by atoms with Crippen molar-refractivity contribution >= 4 is 5.91 Å². The minimum Gasteiger partial charge on any atom is -0.492 e. The monoisotopic (exact) mass is 307 g/mol. The van der Waals surface area contributed by atoms with E-state index in [-0.39, 0.29) is 18.6 Å². The van der Waals surface area contributed by atoms with E-state index in [2.05, 4.69) is 4.90 Å². The number of nitrogens with zero attached hydrogens (tertiary/aromatic N) is 2. The van der Waals surface area contributed by atoms with Crippen molar-refractivity contribution < 1.29 is 14.6 Å². The number of hydrogen-bond donors (Lipinski definition) is 2. The fourth-order valence-electron chi connectivity index (χ4n) is 2.67. The maximum Gasteiger partial charge on any atom is 0.254 e. The molecule has 1 heterocycles. The summed E-state index contributed by atoms with van der Waals surface area (Å²) in [5.74, 6) is 0.673. The number of aliphatic hydroxyl groups is 1. The molecule has 6 heteroatoms. The molecule has 1 fully saturated rings. The van der Waals surface area contributed by atoms with Crippen LogP contribution in [-0.2, 0) is 0 Å². The Kier molecular flexibility index (Phi) is 6.18. The number of nitrogens with two attached hydrogens (primary N) is 1. The minimum absolute atomic E-state index is 0.00855. The minimum atomic E-state index is 0.00855. The molecule has 0 aromatic heterocycles. The predicted octanol–water partition coefficient (Wildman–Crippen LogP) is 0.163. The molecule has 122 valence electrons. The smallest absolute Gasteiger partial charge is 0.254 e.